The van der Waals surface area contributed by atoms with Gasteiger partial charge in [-0.3, -0.25) is 14.9 Å². The molecule has 6 heteroatoms. The van der Waals surface area contributed by atoms with Crippen LogP contribution < -0.4 is 0 Å². The van der Waals surface area contributed by atoms with Crippen molar-refractivity contribution in [3.05, 3.63) is 71.7 Å². The molecule has 27 heavy (non-hydrogen) atoms. The van der Waals surface area contributed by atoms with E-state index >= 15 is 0 Å². The predicted molar refractivity (Wildman–Crippen MR) is 102 cm³/mol. The molecule has 0 unspecified atom stereocenters. The highest BCUT2D eigenvalue weighted by molar-refractivity contribution is 6.01. The molecule has 2 atom stereocenters. The molecule has 0 radical (unpaired) electrons. The number of likely N-dealkylation sites (tertiary alicyclic amines) is 1. The van der Waals surface area contributed by atoms with Crippen LogP contribution >= 0.6 is 0 Å². The molecule has 138 valence electrons. The Hall–Kier alpha value is -2.99. The number of carbonyl (C=O) groups excluding carboxylic acids is 1. The summed E-state index contributed by atoms with van der Waals surface area (Å²) in [5.74, 6) is -0.0693. The van der Waals surface area contributed by atoms with Crippen molar-refractivity contribution in [2.45, 2.75) is 19.4 Å². The third-order valence-electron chi connectivity index (χ3n) is 5.15. The monoisotopic (exact) mass is 362 g/mol. The van der Waals surface area contributed by atoms with Crippen molar-refractivity contribution in [3.63, 3.8) is 0 Å². The minimum Gasteiger partial charge on any atom is -0.391 e. The molecule has 0 spiro atoms. The molecular formula is C21H22N4O2. The first-order valence-electron chi connectivity index (χ1n) is 9.10. The van der Waals surface area contributed by atoms with Crippen LogP contribution in [0.4, 0.5) is 0 Å². The highest BCUT2D eigenvalue weighted by Gasteiger charge is 2.36. The van der Waals surface area contributed by atoms with E-state index in [1.54, 1.807) is 17.3 Å². The van der Waals surface area contributed by atoms with Gasteiger partial charge >= 0.3 is 0 Å². The number of nitrogens with zero attached hydrogens (tertiary/aromatic N) is 3. The van der Waals surface area contributed by atoms with E-state index in [-0.39, 0.29) is 11.8 Å². The number of benzene rings is 1. The number of carbonyl (C=O) groups is 1. The molecule has 0 aliphatic carbocycles. The van der Waals surface area contributed by atoms with Crippen molar-refractivity contribution in [1.29, 1.82) is 0 Å². The number of hydrogen-bond acceptors (Lipinski definition) is 4. The van der Waals surface area contributed by atoms with E-state index < -0.39 is 6.10 Å². The first kappa shape index (κ1) is 17.4. The van der Waals surface area contributed by atoms with Crippen molar-refractivity contribution < 1.29 is 9.90 Å². The number of aliphatic hydroxyl groups is 1. The zero-order valence-corrected chi connectivity index (χ0v) is 15.2. The van der Waals surface area contributed by atoms with E-state index in [9.17, 15) is 9.90 Å². The van der Waals surface area contributed by atoms with Gasteiger partial charge in [-0.1, -0.05) is 30.3 Å². The fourth-order valence-corrected chi connectivity index (χ4v) is 3.70. The average molecular weight is 362 g/mol. The van der Waals surface area contributed by atoms with E-state index in [2.05, 4.69) is 15.2 Å². The summed E-state index contributed by atoms with van der Waals surface area (Å²) in [6, 6.07) is 13.6. The summed E-state index contributed by atoms with van der Waals surface area (Å²) in [7, 11) is 0. The molecule has 6 nitrogen and oxygen atoms in total. The molecule has 0 saturated carbocycles. The van der Waals surface area contributed by atoms with E-state index in [0.717, 1.165) is 23.2 Å². The summed E-state index contributed by atoms with van der Waals surface area (Å²) in [5, 5.41) is 17.8. The number of aliphatic hydroxyl groups excluding tert-OH is 1. The Labute approximate surface area is 157 Å². The fourth-order valence-electron chi connectivity index (χ4n) is 3.70. The Morgan fingerprint density at radius 1 is 1.19 bits per heavy atom. The number of amides is 1. The largest absolute Gasteiger partial charge is 0.391 e. The molecule has 1 saturated heterocycles. The Bertz CT molecular complexity index is 924. The first-order valence-corrected chi connectivity index (χ1v) is 9.10. The van der Waals surface area contributed by atoms with Crippen LogP contribution in [0.2, 0.25) is 0 Å². The molecule has 0 bridgehead atoms. The number of β-amino-alcohol motifs (C(OH)–C–C–N with tert-alkyl or cyclic N) is 1. The molecule has 2 aromatic heterocycles. The third-order valence-corrected chi connectivity index (χ3v) is 5.15. The Kier molecular flexibility index (Phi) is 4.73. The predicted octanol–water partition coefficient (Wildman–Crippen LogP) is 2.46. The average Bonchev–Trinajstić information content (AvgIpc) is 3.26. The van der Waals surface area contributed by atoms with Gasteiger partial charge in [-0.15, -0.1) is 0 Å². The van der Waals surface area contributed by atoms with Crippen LogP contribution in [0, 0.1) is 12.8 Å². The Morgan fingerprint density at radius 2 is 1.93 bits per heavy atom. The number of aromatic nitrogens is 3. The zero-order chi connectivity index (χ0) is 18.8. The Morgan fingerprint density at radius 3 is 2.67 bits per heavy atom. The van der Waals surface area contributed by atoms with Gasteiger partial charge in [0.25, 0.3) is 5.91 Å². The van der Waals surface area contributed by atoms with Crippen molar-refractivity contribution in [3.8, 4) is 11.3 Å². The number of H-pyrrole nitrogens is 1. The molecule has 4 rings (SSSR count). The van der Waals surface area contributed by atoms with E-state index in [1.807, 2.05) is 49.4 Å². The van der Waals surface area contributed by atoms with Crippen LogP contribution in [0.25, 0.3) is 11.3 Å². The molecular weight excluding hydrogens is 340 g/mol. The second-order valence-corrected chi connectivity index (χ2v) is 7.04. The van der Waals surface area contributed by atoms with E-state index in [1.165, 1.54) is 0 Å². The maximum atomic E-state index is 13.2. The maximum Gasteiger partial charge on any atom is 0.258 e. The smallest absolute Gasteiger partial charge is 0.258 e. The summed E-state index contributed by atoms with van der Waals surface area (Å²) in [6.07, 6.45) is 3.69. The summed E-state index contributed by atoms with van der Waals surface area (Å²) in [5.41, 5.74) is 4.00. The van der Waals surface area contributed by atoms with Crippen molar-refractivity contribution >= 4 is 5.91 Å². The van der Waals surface area contributed by atoms with Gasteiger partial charge in [0.2, 0.25) is 0 Å². The van der Waals surface area contributed by atoms with Crippen LogP contribution in [0.1, 0.15) is 21.6 Å². The van der Waals surface area contributed by atoms with Crippen molar-refractivity contribution in [2.75, 3.05) is 13.1 Å². The number of pyridine rings is 1. The maximum absolute atomic E-state index is 13.2. The quantitative estimate of drug-likeness (QED) is 0.747. The van der Waals surface area contributed by atoms with Gasteiger partial charge in [-0.2, -0.15) is 5.10 Å². The van der Waals surface area contributed by atoms with Gasteiger partial charge in [0.15, 0.2) is 0 Å². The lowest BCUT2D eigenvalue weighted by molar-refractivity contribution is 0.0764. The van der Waals surface area contributed by atoms with Crippen LogP contribution in [0.15, 0.2) is 54.9 Å². The van der Waals surface area contributed by atoms with Crippen LogP contribution in [-0.2, 0) is 6.42 Å². The molecule has 1 aliphatic heterocycles. The van der Waals surface area contributed by atoms with E-state index in [4.69, 9.17) is 0 Å². The second-order valence-electron chi connectivity index (χ2n) is 7.04. The van der Waals surface area contributed by atoms with Crippen LogP contribution in [-0.4, -0.2) is 50.3 Å². The summed E-state index contributed by atoms with van der Waals surface area (Å²) >= 11 is 0. The minimum absolute atomic E-state index is 0.0173. The lowest BCUT2D eigenvalue weighted by Gasteiger charge is -2.17. The van der Waals surface area contributed by atoms with Gasteiger partial charge in [-0.25, -0.2) is 0 Å². The lowest BCUT2D eigenvalue weighted by atomic mass is 9.97. The zero-order valence-electron chi connectivity index (χ0n) is 15.2. The van der Waals surface area contributed by atoms with Gasteiger partial charge in [0, 0.05) is 42.7 Å². The van der Waals surface area contributed by atoms with Gasteiger partial charge in [0.05, 0.1) is 11.7 Å². The molecule has 3 heterocycles. The van der Waals surface area contributed by atoms with Gasteiger partial charge in [0.1, 0.15) is 5.69 Å². The number of aryl methyl sites for hydroxylation is 1. The minimum atomic E-state index is -0.533. The Balaban J connectivity index is 1.55. The van der Waals surface area contributed by atoms with Crippen molar-refractivity contribution in [1.82, 2.24) is 20.1 Å². The first-order chi connectivity index (χ1) is 13.1. The van der Waals surface area contributed by atoms with Gasteiger partial charge in [-0.05, 0) is 31.0 Å². The van der Waals surface area contributed by atoms with E-state index in [0.29, 0.717) is 24.3 Å². The third kappa shape index (κ3) is 3.48. The molecule has 2 N–H and O–H groups in total. The number of aromatic amines is 1. The molecule has 1 aliphatic rings. The highest BCUT2D eigenvalue weighted by atomic mass is 16.3. The number of rotatable bonds is 4. The highest BCUT2D eigenvalue weighted by Crippen LogP contribution is 2.28. The summed E-state index contributed by atoms with van der Waals surface area (Å²) in [6.45, 7) is 2.72. The number of hydrogen-bond donors (Lipinski definition) is 2. The molecule has 3 aromatic rings. The fraction of sp³-hybridized carbons (Fsp3) is 0.286. The van der Waals surface area contributed by atoms with Crippen LogP contribution in [0.5, 0.6) is 0 Å². The van der Waals surface area contributed by atoms with Gasteiger partial charge < -0.3 is 10.0 Å². The molecule has 1 amide bonds. The van der Waals surface area contributed by atoms with Crippen LogP contribution in [0.3, 0.4) is 0 Å². The van der Waals surface area contributed by atoms with Crippen molar-refractivity contribution in [2.24, 2.45) is 5.92 Å². The second kappa shape index (κ2) is 7.32. The topological polar surface area (TPSA) is 82.1 Å². The normalized spacial score (nSPS) is 19.4. The molecule has 1 aromatic carbocycles. The summed E-state index contributed by atoms with van der Waals surface area (Å²) < 4.78 is 0. The summed E-state index contributed by atoms with van der Waals surface area (Å²) in [4.78, 5) is 19.0. The number of nitrogens with one attached hydrogen (secondary N) is 1. The lowest BCUT2D eigenvalue weighted by Crippen LogP contribution is -2.30. The standard InChI is InChI=1S/C21H22N4O2/c1-14-19(20(24-23-14)16-5-3-2-4-6-16)21(27)25-12-17(18(26)13-25)11-15-7-9-22-10-8-15/h2-10,17-18,26H,11-13H2,1H3,(H,23,24)/t17-,18+/m1/s1. The SMILES string of the molecule is Cc1[nH]nc(-c2ccccc2)c1C(=O)N1C[C@@H](Cc2ccncc2)[C@@H](O)C1. The molecule has 1 fully saturated rings.